The summed E-state index contributed by atoms with van der Waals surface area (Å²) in [6, 6.07) is 20.2. The number of rotatable bonds is 12. The molecule has 1 spiro atoms. The molecule has 5 fully saturated rings. The molecule has 1 aliphatic carbocycles. The molecule has 1 saturated carbocycles. The molecular formula is C60H69N11O11S. The van der Waals surface area contributed by atoms with E-state index in [2.05, 4.69) is 82.7 Å². The number of nitro benzene ring substituents is 1. The highest BCUT2D eigenvalue weighted by Gasteiger charge is 2.51. The molecular weight excluding hydrogens is 1080 g/mol. The zero-order chi connectivity index (χ0) is 56.6. The van der Waals surface area contributed by atoms with Crippen molar-refractivity contribution < 1.29 is 46.6 Å². The molecule has 10 heterocycles. The number of sulfonamides is 1. The molecule has 5 atom stereocenters. The average Bonchev–Trinajstić information content (AvgIpc) is 4.15. The number of aromatic amines is 1. The predicted molar refractivity (Wildman–Crippen MR) is 307 cm³/mol. The molecule has 8 aliphatic rings. The van der Waals surface area contributed by atoms with Crippen LogP contribution in [0.5, 0.6) is 17.4 Å². The number of amides is 1. The van der Waals surface area contributed by atoms with Crippen molar-refractivity contribution in [2.24, 2.45) is 11.3 Å². The molecule has 22 nitrogen and oxygen atoms in total. The highest BCUT2D eigenvalue weighted by atomic mass is 32.2. The number of para-hydroxylation sites is 1. The van der Waals surface area contributed by atoms with Crippen molar-refractivity contribution in [3.63, 3.8) is 0 Å². The van der Waals surface area contributed by atoms with Crippen LogP contribution in [0.25, 0.3) is 11.0 Å². The van der Waals surface area contributed by atoms with Crippen LogP contribution in [0.1, 0.15) is 98.1 Å². The van der Waals surface area contributed by atoms with Crippen molar-refractivity contribution in [3.05, 3.63) is 118 Å². The number of ether oxygens (including phenoxy) is 6. The topological polar surface area (TPSA) is 241 Å². The van der Waals surface area contributed by atoms with Crippen molar-refractivity contribution >= 4 is 55.4 Å². The highest BCUT2D eigenvalue weighted by Crippen LogP contribution is 2.55. The van der Waals surface area contributed by atoms with E-state index in [0.29, 0.717) is 68.4 Å². The number of anilines is 4. The summed E-state index contributed by atoms with van der Waals surface area (Å²) in [6.45, 7) is 11.5. The zero-order valence-electron chi connectivity index (χ0n) is 46.6. The van der Waals surface area contributed by atoms with Crippen LogP contribution in [0.4, 0.5) is 28.4 Å². The standard InChI is InChI=1S/C60H69N11O11S/c1-36(2)81-53-6-4-3-5-42(53)51-30-68(52-33-79-31-46-44(52)29-61-35-63-46)18-19-69(51)40-27-60(28-40)13-16-67(17-14-60)39-7-8-43(48(24-39)70-47-12-22-78-34-55(47)82-59-50(70)23-38-9-15-62-57(38)65-59)58(72)66-83(75,76)41-25-49(71(73)74)56-54(26-41)80-32-45(64-56)37-10-20-77-21-11-37/h3-9,15,23-26,29,35-37,40,45,47,51-52,55,64H,10-14,16-22,27-28,30-34H2,1-2H3,(H,62,65)(H,66,72)/t45-,47-,51-,52-,55-/m0/s1. The van der Waals surface area contributed by atoms with Gasteiger partial charge < -0.3 is 48.5 Å². The van der Waals surface area contributed by atoms with E-state index in [9.17, 15) is 23.3 Å². The molecule has 14 rings (SSSR count). The Balaban J connectivity index is 0.740. The van der Waals surface area contributed by atoms with Gasteiger partial charge in [0.15, 0.2) is 11.4 Å². The maximum absolute atomic E-state index is 15.0. The first kappa shape index (κ1) is 53.8. The van der Waals surface area contributed by atoms with E-state index in [1.165, 1.54) is 11.6 Å². The molecule has 3 aromatic heterocycles. The summed E-state index contributed by atoms with van der Waals surface area (Å²) in [5, 5.41) is 16.7. The summed E-state index contributed by atoms with van der Waals surface area (Å²) in [6.07, 6.45) is 11.1. The van der Waals surface area contributed by atoms with E-state index < -0.39 is 37.5 Å². The number of nitrogens with one attached hydrogen (secondary N) is 3. The summed E-state index contributed by atoms with van der Waals surface area (Å²) in [4.78, 5) is 53.3. The van der Waals surface area contributed by atoms with Crippen LogP contribution in [-0.2, 0) is 30.8 Å². The number of piperidine rings is 1. The number of hydrogen-bond donors (Lipinski definition) is 3. The molecule has 7 aliphatic heterocycles. The number of aromatic nitrogens is 4. The minimum atomic E-state index is -4.72. The lowest BCUT2D eigenvalue weighted by molar-refractivity contribution is -0.384. The highest BCUT2D eigenvalue weighted by molar-refractivity contribution is 7.90. The number of pyridine rings is 1. The monoisotopic (exact) mass is 1150 g/mol. The third-order valence-electron chi connectivity index (χ3n) is 18.7. The van der Waals surface area contributed by atoms with Crippen molar-refractivity contribution in [2.75, 3.05) is 87.5 Å². The number of carbonyl (C=O) groups is 1. The van der Waals surface area contributed by atoms with Crippen LogP contribution in [0, 0.1) is 21.4 Å². The number of benzene rings is 3. The summed E-state index contributed by atoms with van der Waals surface area (Å²) in [7, 11) is -4.72. The number of piperazine rings is 1. The van der Waals surface area contributed by atoms with E-state index in [-0.39, 0.29) is 71.8 Å². The fourth-order valence-electron chi connectivity index (χ4n) is 14.4. The van der Waals surface area contributed by atoms with Crippen LogP contribution < -0.4 is 34.0 Å². The molecule has 0 unspecified atom stereocenters. The van der Waals surface area contributed by atoms with Crippen LogP contribution in [0.3, 0.4) is 0 Å². The molecule has 4 saturated heterocycles. The Morgan fingerprint density at radius 2 is 1.73 bits per heavy atom. The van der Waals surface area contributed by atoms with Gasteiger partial charge >= 0.3 is 0 Å². The smallest absolute Gasteiger partial charge is 0.297 e. The molecule has 1 amide bonds. The molecule has 0 bridgehead atoms. The van der Waals surface area contributed by atoms with Crippen LogP contribution in [0.15, 0.2) is 90.3 Å². The predicted octanol–water partition coefficient (Wildman–Crippen LogP) is 7.83. The minimum absolute atomic E-state index is 0.0222. The Kier molecular flexibility index (Phi) is 14.1. The first-order valence-corrected chi connectivity index (χ1v) is 30.7. The lowest BCUT2D eigenvalue weighted by Crippen LogP contribution is -2.60. The molecule has 436 valence electrons. The van der Waals surface area contributed by atoms with E-state index in [0.717, 1.165) is 105 Å². The lowest BCUT2D eigenvalue weighted by atomic mass is 9.59. The SMILES string of the molecule is CC(C)Oc1ccccc1[C@@H]1CN([C@H]2COCc3ncncc32)CCN1C1CC2(CCN(c3ccc(C(=O)NS(=O)(=O)c4cc5c(c([N+](=O)[O-])c4)N[C@H](C4CCOCC4)CO5)c(N4c5cc6cc[nH]c6nc5O[C@H]5COCC[C@@H]54)c3)CC2)C1. The van der Waals surface area contributed by atoms with Gasteiger partial charge in [0.25, 0.3) is 21.6 Å². The maximum Gasteiger partial charge on any atom is 0.297 e. The number of fused-ring (bicyclic) bond motifs is 5. The molecule has 3 aromatic carbocycles. The van der Waals surface area contributed by atoms with Crippen molar-refractivity contribution in [1.82, 2.24) is 34.5 Å². The number of carbonyl (C=O) groups excluding carboxylic acids is 1. The Hall–Kier alpha value is -7.15. The largest absolute Gasteiger partial charge is 0.491 e. The third kappa shape index (κ3) is 10.1. The molecule has 83 heavy (non-hydrogen) atoms. The summed E-state index contributed by atoms with van der Waals surface area (Å²) < 4.78 is 68.0. The van der Waals surface area contributed by atoms with Crippen LogP contribution >= 0.6 is 0 Å². The summed E-state index contributed by atoms with van der Waals surface area (Å²) in [5.41, 5.74) is 5.82. The second-order valence-electron chi connectivity index (χ2n) is 23.9. The fraction of sp³-hybridized carbons (Fsp3) is 0.500. The normalized spacial score (nSPS) is 24.8. The van der Waals surface area contributed by atoms with Gasteiger partial charge in [0.2, 0.25) is 5.88 Å². The minimum Gasteiger partial charge on any atom is -0.491 e. The van der Waals surface area contributed by atoms with Gasteiger partial charge in [0, 0.05) is 105 Å². The van der Waals surface area contributed by atoms with Gasteiger partial charge in [-0.2, -0.15) is 4.98 Å². The van der Waals surface area contributed by atoms with E-state index in [1.807, 2.05) is 36.7 Å². The van der Waals surface area contributed by atoms with Gasteiger partial charge in [-0.3, -0.25) is 24.7 Å². The van der Waals surface area contributed by atoms with Gasteiger partial charge in [-0.05, 0) is 107 Å². The number of hydrogen-bond acceptors (Lipinski definition) is 19. The van der Waals surface area contributed by atoms with E-state index in [4.69, 9.17) is 33.4 Å². The molecule has 0 radical (unpaired) electrons. The van der Waals surface area contributed by atoms with Crippen LogP contribution in [0.2, 0.25) is 0 Å². The zero-order valence-corrected chi connectivity index (χ0v) is 47.4. The number of H-pyrrole nitrogens is 1. The Morgan fingerprint density at radius 3 is 2.57 bits per heavy atom. The Labute approximate surface area is 481 Å². The number of nitrogens with zero attached hydrogens (tertiary/aromatic N) is 8. The summed E-state index contributed by atoms with van der Waals surface area (Å²) in [5.74, 6) is 0.553. The Bertz CT molecular complexity index is 3560. The van der Waals surface area contributed by atoms with Crippen LogP contribution in [-0.4, -0.2) is 152 Å². The third-order valence-corrected chi connectivity index (χ3v) is 20.0. The van der Waals surface area contributed by atoms with Crippen molar-refractivity contribution in [3.8, 4) is 17.4 Å². The van der Waals surface area contributed by atoms with E-state index >= 15 is 0 Å². The Morgan fingerprint density at radius 1 is 0.904 bits per heavy atom. The molecule has 23 heteroatoms. The molecule has 6 aromatic rings. The van der Waals surface area contributed by atoms with Gasteiger partial charge in [-0.1, -0.05) is 18.2 Å². The fourth-order valence-corrected chi connectivity index (χ4v) is 15.4. The van der Waals surface area contributed by atoms with Gasteiger partial charge in [0.1, 0.15) is 36.1 Å². The van der Waals surface area contributed by atoms with Gasteiger partial charge in [-0.15, -0.1) is 0 Å². The first-order chi connectivity index (χ1) is 40.3. The van der Waals surface area contributed by atoms with Gasteiger partial charge in [0.05, 0.1) is 76.9 Å². The first-order valence-electron chi connectivity index (χ1n) is 29.2. The quantitative estimate of drug-likeness (QED) is 0.0781. The second kappa shape index (κ2) is 21.8. The average molecular weight is 1150 g/mol. The molecule has 3 N–H and O–H groups in total. The van der Waals surface area contributed by atoms with E-state index in [1.54, 1.807) is 12.4 Å². The maximum atomic E-state index is 15.0. The lowest BCUT2D eigenvalue weighted by Gasteiger charge is -2.58. The van der Waals surface area contributed by atoms with Crippen molar-refractivity contribution in [2.45, 2.75) is 113 Å². The van der Waals surface area contributed by atoms with Gasteiger partial charge in [-0.25, -0.2) is 23.1 Å². The summed E-state index contributed by atoms with van der Waals surface area (Å²) >= 11 is 0. The second-order valence-corrected chi connectivity index (χ2v) is 25.5. The van der Waals surface area contributed by atoms with Crippen molar-refractivity contribution in [1.29, 1.82) is 0 Å². The number of nitro groups is 1.